The van der Waals surface area contributed by atoms with Crippen LogP contribution in [0.4, 0.5) is 5.82 Å². The summed E-state index contributed by atoms with van der Waals surface area (Å²) in [5.74, 6) is 0.706. The molecule has 2 rings (SSSR count). The monoisotopic (exact) mass is 278 g/mol. The minimum Gasteiger partial charge on any atom is -0.371 e. The molecule has 0 bridgehead atoms. The van der Waals surface area contributed by atoms with Gasteiger partial charge in [-0.3, -0.25) is 9.00 Å². The van der Waals surface area contributed by atoms with E-state index in [4.69, 9.17) is 0 Å². The molecule has 2 atom stereocenters. The third-order valence-corrected chi connectivity index (χ3v) is 4.56. The molecule has 2 unspecified atom stereocenters. The van der Waals surface area contributed by atoms with E-state index in [1.54, 1.807) is 12.3 Å². The number of nitrogens with one attached hydrogen (secondary N) is 2. The molecule has 19 heavy (non-hydrogen) atoms. The van der Waals surface area contributed by atoms with E-state index in [1.807, 2.05) is 31.2 Å². The fourth-order valence-corrected chi connectivity index (χ4v) is 2.33. The number of anilines is 1. The van der Waals surface area contributed by atoms with Crippen molar-refractivity contribution in [2.45, 2.75) is 18.6 Å². The van der Waals surface area contributed by atoms with Gasteiger partial charge in [0.25, 0.3) is 5.56 Å². The molecule has 5 heteroatoms. The van der Waals surface area contributed by atoms with Crippen molar-refractivity contribution in [3.8, 4) is 0 Å². The van der Waals surface area contributed by atoms with Crippen molar-refractivity contribution in [2.24, 2.45) is 0 Å². The maximum absolute atomic E-state index is 11.9. The van der Waals surface area contributed by atoms with E-state index < -0.39 is 10.8 Å². The van der Waals surface area contributed by atoms with Gasteiger partial charge < -0.3 is 10.3 Å². The first-order chi connectivity index (χ1) is 9.08. The molecule has 0 saturated carbocycles. The summed E-state index contributed by atoms with van der Waals surface area (Å²) < 4.78 is 11.2. The summed E-state index contributed by atoms with van der Waals surface area (Å²) in [4.78, 5) is 14.7. The van der Waals surface area contributed by atoms with Crippen LogP contribution in [0.2, 0.25) is 0 Å². The van der Waals surface area contributed by atoms with Crippen molar-refractivity contribution in [1.82, 2.24) is 4.98 Å². The highest BCUT2D eigenvalue weighted by Gasteiger charge is 2.06. The summed E-state index contributed by atoms with van der Waals surface area (Å²) in [6, 6.07) is 9.40. The summed E-state index contributed by atoms with van der Waals surface area (Å²) in [6.07, 6.45) is 2.51. The Morgan fingerprint density at radius 2 is 2.11 bits per heavy atom. The highest BCUT2D eigenvalue weighted by molar-refractivity contribution is 7.84. The normalized spacial score (nSPS) is 14.2. The lowest BCUT2D eigenvalue weighted by Crippen LogP contribution is -2.17. The lowest BCUT2D eigenvalue weighted by Gasteiger charge is -2.10. The Labute approximate surface area is 114 Å². The minimum atomic E-state index is -0.807. The third-order valence-electron chi connectivity index (χ3n) is 3.19. The predicted molar refractivity (Wildman–Crippen MR) is 81.2 cm³/mol. The van der Waals surface area contributed by atoms with E-state index in [0.29, 0.717) is 17.7 Å². The third kappa shape index (κ3) is 3.44. The van der Waals surface area contributed by atoms with Gasteiger partial charge in [-0.05, 0) is 23.9 Å². The van der Waals surface area contributed by atoms with Crippen LogP contribution in [0.15, 0.2) is 35.1 Å². The number of benzene rings is 1. The smallest absolute Gasteiger partial charge is 0.257 e. The molecule has 4 nitrogen and oxygen atoms in total. The Morgan fingerprint density at radius 3 is 2.84 bits per heavy atom. The first kappa shape index (κ1) is 13.8. The zero-order valence-electron chi connectivity index (χ0n) is 11.1. The van der Waals surface area contributed by atoms with Crippen molar-refractivity contribution in [1.29, 1.82) is 0 Å². The Morgan fingerprint density at radius 1 is 1.37 bits per heavy atom. The molecular weight excluding hydrogens is 260 g/mol. The molecule has 0 aliphatic rings. The molecule has 0 saturated heterocycles. The molecule has 102 valence electrons. The van der Waals surface area contributed by atoms with Crippen LogP contribution in [-0.2, 0) is 10.8 Å². The second-order valence-electron chi connectivity index (χ2n) is 4.62. The number of hydrogen-bond donors (Lipinski definition) is 2. The van der Waals surface area contributed by atoms with Gasteiger partial charge in [-0.1, -0.05) is 25.1 Å². The van der Waals surface area contributed by atoms with Crippen molar-refractivity contribution >= 4 is 27.4 Å². The number of hydrogen-bond acceptors (Lipinski definition) is 3. The molecule has 1 aromatic carbocycles. The van der Waals surface area contributed by atoms with E-state index >= 15 is 0 Å². The first-order valence-corrected chi connectivity index (χ1v) is 7.88. The highest BCUT2D eigenvalue weighted by atomic mass is 32.2. The molecule has 1 heterocycles. The van der Waals surface area contributed by atoms with Crippen LogP contribution < -0.4 is 10.9 Å². The lowest BCUT2D eigenvalue weighted by molar-refractivity contribution is 0.672. The van der Waals surface area contributed by atoms with Crippen LogP contribution in [0, 0.1) is 0 Å². The minimum absolute atomic E-state index is 0.0901. The van der Waals surface area contributed by atoms with Crippen molar-refractivity contribution < 1.29 is 4.21 Å². The molecule has 0 aliphatic carbocycles. The van der Waals surface area contributed by atoms with Gasteiger partial charge in [0.2, 0.25) is 0 Å². The first-order valence-electron chi connectivity index (χ1n) is 6.26. The van der Waals surface area contributed by atoms with Gasteiger partial charge >= 0.3 is 0 Å². The number of fused-ring (bicyclic) bond motifs is 1. The Hall–Kier alpha value is -1.62. The van der Waals surface area contributed by atoms with Crippen LogP contribution in [0.25, 0.3) is 10.8 Å². The van der Waals surface area contributed by atoms with Crippen LogP contribution in [0.5, 0.6) is 0 Å². The largest absolute Gasteiger partial charge is 0.371 e. The fraction of sp³-hybridized carbons (Fsp3) is 0.357. The number of aromatic nitrogens is 1. The van der Waals surface area contributed by atoms with Crippen LogP contribution in [-0.4, -0.2) is 27.2 Å². The SMILES string of the molecule is CC(CCNc1cc2ccccc2c(=O)[nH]1)S(C)=O. The summed E-state index contributed by atoms with van der Waals surface area (Å²) >= 11 is 0. The van der Waals surface area contributed by atoms with E-state index in [0.717, 1.165) is 11.8 Å². The molecular formula is C14H18N2O2S. The molecule has 2 aromatic rings. The molecule has 0 amide bonds. The van der Waals surface area contributed by atoms with E-state index in [-0.39, 0.29) is 10.8 Å². The van der Waals surface area contributed by atoms with E-state index in [9.17, 15) is 9.00 Å². The zero-order chi connectivity index (χ0) is 13.8. The van der Waals surface area contributed by atoms with Gasteiger partial charge in [-0.2, -0.15) is 0 Å². The Kier molecular flexibility index (Phi) is 4.37. The molecule has 0 radical (unpaired) electrons. The van der Waals surface area contributed by atoms with Crippen LogP contribution in [0.1, 0.15) is 13.3 Å². The Balaban J connectivity index is 2.09. The topological polar surface area (TPSA) is 62.0 Å². The molecule has 0 spiro atoms. The zero-order valence-corrected chi connectivity index (χ0v) is 11.9. The average molecular weight is 278 g/mol. The number of pyridine rings is 1. The van der Waals surface area contributed by atoms with Crippen molar-refractivity contribution in [3.05, 3.63) is 40.7 Å². The molecule has 1 aromatic heterocycles. The maximum Gasteiger partial charge on any atom is 0.257 e. The Bertz CT molecular complexity index is 651. The van der Waals surface area contributed by atoms with Gasteiger partial charge in [0.15, 0.2) is 0 Å². The maximum atomic E-state index is 11.9. The van der Waals surface area contributed by atoms with Crippen molar-refractivity contribution in [3.63, 3.8) is 0 Å². The lowest BCUT2D eigenvalue weighted by atomic mass is 10.2. The predicted octanol–water partition coefficient (Wildman–Crippen LogP) is 2.10. The quantitative estimate of drug-likeness (QED) is 0.880. The highest BCUT2D eigenvalue weighted by Crippen LogP contribution is 2.12. The number of rotatable bonds is 5. The van der Waals surface area contributed by atoms with E-state index in [2.05, 4.69) is 10.3 Å². The fourth-order valence-electron chi connectivity index (χ4n) is 1.88. The van der Waals surface area contributed by atoms with Gasteiger partial charge in [-0.25, -0.2) is 0 Å². The standard InChI is InChI=1S/C14H18N2O2S/c1-10(19(2)18)7-8-15-13-9-11-5-3-4-6-12(11)14(17)16-13/h3-6,9-10H,7-8H2,1-2H3,(H2,15,16,17). The molecule has 0 fully saturated rings. The summed E-state index contributed by atoms with van der Waals surface area (Å²) in [5, 5.41) is 4.93. The number of H-pyrrole nitrogens is 1. The summed E-state index contributed by atoms with van der Waals surface area (Å²) in [7, 11) is -0.807. The summed E-state index contributed by atoms with van der Waals surface area (Å²) in [5.41, 5.74) is -0.0901. The summed E-state index contributed by atoms with van der Waals surface area (Å²) in [6.45, 7) is 2.65. The van der Waals surface area contributed by atoms with Crippen LogP contribution in [0.3, 0.4) is 0 Å². The number of aromatic amines is 1. The van der Waals surface area contributed by atoms with Gasteiger partial charge in [0, 0.05) is 34.2 Å². The van der Waals surface area contributed by atoms with Gasteiger partial charge in [-0.15, -0.1) is 0 Å². The molecule has 0 aliphatic heterocycles. The van der Waals surface area contributed by atoms with Gasteiger partial charge in [0.1, 0.15) is 5.82 Å². The van der Waals surface area contributed by atoms with Crippen LogP contribution >= 0.6 is 0 Å². The van der Waals surface area contributed by atoms with Gasteiger partial charge in [0.05, 0.1) is 0 Å². The average Bonchev–Trinajstić information content (AvgIpc) is 2.38. The second kappa shape index (κ2) is 6.02. The van der Waals surface area contributed by atoms with E-state index in [1.165, 1.54) is 0 Å². The second-order valence-corrected chi connectivity index (χ2v) is 6.43. The molecule has 2 N–H and O–H groups in total. The van der Waals surface area contributed by atoms with Crippen molar-refractivity contribution in [2.75, 3.05) is 18.1 Å².